The first-order chi connectivity index (χ1) is 13.3. The molecule has 0 fully saturated rings. The average molecular weight is 583 g/mol. The van der Waals surface area contributed by atoms with Gasteiger partial charge in [-0.25, -0.2) is 0 Å². The zero-order chi connectivity index (χ0) is 23.0. The summed E-state index contributed by atoms with van der Waals surface area (Å²) in [6, 6.07) is 0. The van der Waals surface area contributed by atoms with Crippen LogP contribution in [0.3, 0.4) is 0 Å². The van der Waals surface area contributed by atoms with Crippen molar-refractivity contribution in [1.82, 2.24) is 0 Å². The topological polar surface area (TPSA) is 36.9 Å². The van der Waals surface area contributed by atoms with Crippen LogP contribution in [0.15, 0.2) is 0 Å². The van der Waals surface area contributed by atoms with Crippen LogP contribution >= 0.6 is 0 Å². The van der Waals surface area contributed by atoms with Gasteiger partial charge in [-0.15, -0.1) is 0 Å². The van der Waals surface area contributed by atoms with Gasteiger partial charge in [0.1, 0.15) is 0 Å². The Morgan fingerprint density at radius 2 is 0.517 bits per heavy atom. The Balaban J connectivity index is 6.57. The van der Waals surface area contributed by atoms with Crippen LogP contribution in [0.5, 0.6) is 0 Å². The zero-order valence-electron chi connectivity index (χ0n) is 21.8. The maximum atomic E-state index is 6.98. The van der Waals surface area contributed by atoms with Crippen molar-refractivity contribution in [1.29, 1.82) is 0 Å². The van der Waals surface area contributed by atoms with Gasteiger partial charge in [-0.2, -0.15) is 0 Å². The minimum atomic E-state index is -4.68. The molecule has 0 aromatic rings. The van der Waals surface area contributed by atoms with Crippen molar-refractivity contribution < 1.29 is 33.1 Å². The number of hydrogen-bond donors (Lipinski definition) is 0. The summed E-state index contributed by atoms with van der Waals surface area (Å²) in [5.74, 6) is 0. The molecule has 4 nitrogen and oxygen atoms in total. The van der Waals surface area contributed by atoms with Gasteiger partial charge in [-0.05, 0) is 0 Å². The summed E-state index contributed by atoms with van der Waals surface area (Å²) in [5.41, 5.74) is -1.24. The Bertz CT molecular complexity index is 364. The molecule has 0 saturated heterocycles. The van der Waals surface area contributed by atoms with E-state index in [-0.39, 0.29) is 22.4 Å². The molecule has 0 saturated carbocycles. The Kier molecular flexibility index (Phi) is 12.4. The van der Waals surface area contributed by atoms with Crippen molar-refractivity contribution in [2.45, 2.75) is 157 Å². The SMILES string of the molecule is CCC(C)(CC)[O][Hf]([O]C(C)(CC)CC)([O]C(C)(CC)CC)[O]C(C)(CC)CC. The van der Waals surface area contributed by atoms with Gasteiger partial charge in [-0.3, -0.25) is 0 Å². The van der Waals surface area contributed by atoms with E-state index in [0.29, 0.717) is 0 Å². The van der Waals surface area contributed by atoms with E-state index in [2.05, 4.69) is 83.1 Å². The Morgan fingerprint density at radius 1 is 0.379 bits per heavy atom. The summed E-state index contributed by atoms with van der Waals surface area (Å²) in [6.45, 7) is 26.1. The molecule has 0 radical (unpaired) electrons. The minimum absolute atomic E-state index is 0.311. The third-order valence-electron chi connectivity index (χ3n) is 7.47. The van der Waals surface area contributed by atoms with E-state index in [1.807, 2.05) is 0 Å². The van der Waals surface area contributed by atoms with Crippen LogP contribution in [-0.2, 0) is 33.1 Å². The van der Waals surface area contributed by atoms with Gasteiger partial charge in [0.05, 0.1) is 0 Å². The van der Waals surface area contributed by atoms with E-state index in [0.717, 1.165) is 51.4 Å². The van der Waals surface area contributed by atoms with E-state index in [4.69, 9.17) is 11.4 Å². The van der Waals surface area contributed by atoms with Crippen LogP contribution in [0.25, 0.3) is 0 Å². The van der Waals surface area contributed by atoms with E-state index in [1.54, 1.807) is 0 Å². The first-order valence-corrected chi connectivity index (χ1v) is 18.0. The Morgan fingerprint density at radius 3 is 0.621 bits per heavy atom. The van der Waals surface area contributed by atoms with Crippen LogP contribution in [0.1, 0.15) is 134 Å². The molecule has 0 aromatic carbocycles. The zero-order valence-corrected chi connectivity index (χ0v) is 25.4. The number of hydrogen-bond acceptors (Lipinski definition) is 4. The molecule has 0 aliphatic carbocycles. The van der Waals surface area contributed by atoms with Crippen molar-refractivity contribution >= 4 is 0 Å². The fourth-order valence-electron chi connectivity index (χ4n) is 2.91. The summed E-state index contributed by atoms with van der Waals surface area (Å²) >= 11 is -4.68. The van der Waals surface area contributed by atoms with Gasteiger partial charge in [0.15, 0.2) is 0 Å². The molecule has 0 heterocycles. The molecule has 5 heteroatoms. The van der Waals surface area contributed by atoms with Crippen LogP contribution in [0.4, 0.5) is 0 Å². The average Bonchev–Trinajstić information content (AvgIpc) is 2.73. The van der Waals surface area contributed by atoms with Crippen LogP contribution in [-0.4, -0.2) is 22.4 Å². The van der Waals surface area contributed by atoms with Crippen LogP contribution in [0, 0.1) is 0 Å². The van der Waals surface area contributed by atoms with Crippen LogP contribution < -0.4 is 0 Å². The van der Waals surface area contributed by atoms with Gasteiger partial charge < -0.3 is 0 Å². The predicted molar refractivity (Wildman–Crippen MR) is 120 cm³/mol. The van der Waals surface area contributed by atoms with Crippen molar-refractivity contribution in [2.24, 2.45) is 0 Å². The second kappa shape index (κ2) is 12.1. The summed E-state index contributed by atoms with van der Waals surface area (Å²) in [6.07, 6.45) is 7.22. The summed E-state index contributed by atoms with van der Waals surface area (Å²) in [4.78, 5) is 0. The van der Waals surface area contributed by atoms with E-state index in [9.17, 15) is 0 Å². The van der Waals surface area contributed by atoms with Gasteiger partial charge in [0.25, 0.3) is 0 Å². The van der Waals surface area contributed by atoms with Crippen molar-refractivity contribution in [2.75, 3.05) is 0 Å². The van der Waals surface area contributed by atoms with Crippen LogP contribution in [0.2, 0.25) is 0 Å². The normalized spacial score (nSPS) is 14.5. The van der Waals surface area contributed by atoms with Gasteiger partial charge in [-0.1, -0.05) is 0 Å². The second-order valence-corrected chi connectivity index (χ2v) is 16.1. The molecular weight excluding hydrogens is 531 g/mol. The molecule has 0 aromatic heterocycles. The van der Waals surface area contributed by atoms with Crippen molar-refractivity contribution in [3.05, 3.63) is 0 Å². The molecule has 0 rings (SSSR count). The third kappa shape index (κ3) is 8.63. The molecule has 0 unspecified atom stereocenters. The summed E-state index contributed by atoms with van der Waals surface area (Å²) < 4.78 is 27.9. The molecule has 0 atom stereocenters. The standard InChI is InChI=1S/4C6H13O.Hf/c4*1-4-6(3,7)5-2;/h4*4-5H2,1-3H3;/q4*-1;+4. The van der Waals surface area contributed by atoms with Crippen molar-refractivity contribution in [3.8, 4) is 0 Å². The first kappa shape index (κ1) is 29.7. The first-order valence-electron chi connectivity index (χ1n) is 12.1. The summed E-state index contributed by atoms with van der Waals surface area (Å²) in [7, 11) is 0. The fourth-order valence-corrected chi connectivity index (χ4v) is 16.6. The van der Waals surface area contributed by atoms with E-state index >= 15 is 0 Å². The molecule has 0 N–H and O–H groups in total. The molecule has 29 heavy (non-hydrogen) atoms. The Labute approximate surface area is 189 Å². The Hall–Kier alpha value is 0.710. The quantitative estimate of drug-likeness (QED) is 0.172. The summed E-state index contributed by atoms with van der Waals surface area (Å²) in [5, 5.41) is 0. The monoisotopic (exact) mass is 584 g/mol. The molecule has 0 bridgehead atoms. The third-order valence-corrected chi connectivity index (χ3v) is 18.1. The van der Waals surface area contributed by atoms with Crippen molar-refractivity contribution in [3.63, 3.8) is 0 Å². The predicted octanol–water partition coefficient (Wildman–Crippen LogP) is 8.18. The molecule has 0 aliphatic heterocycles. The molecule has 0 amide bonds. The second-order valence-electron chi connectivity index (χ2n) is 9.54. The molecular formula is C24H52HfO4. The van der Waals surface area contributed by atoms with Gasteiger partial charge >= 0.3 is 190 Å². The fraction of sp³-hybridized carbons (Fsp3) is 1.00. The number of rotatable bonds is 16. The molecule has 176 valence electrons. The molecule has 0 aliphatic rings. The molecule has 0 spiro atoms. The maximum absolute atomic E-state index is 6.98. The van der Waals surface area contributed by atoms with E-state index < -0.39 is 21.7 Å². The van der Waals surface area contributed by atoms with Gasteiger partial charge in [0.2, 0.25) is 0 Å². The van der Waals surface area contributed by atoms with Gasteiger partial charge in [0, 0.05) is 0 Å². The van der Waals surface area contributed by atoms with E-state index in [1.165, 1.54) is 0 Å².